The predicted octanol–water partition coefficient (Wildman–Crippen LogP) is 2.91. The van der Waals surface area contributed by atoms with Gasteiger partial charge in [0, 0.05) is 6.04 Å². The van der Waals surface area contributed by atoms with E-state index in [9.17, 15) is 0 Å². The van der Waals surface area contributed by atoms with Gasteiger partial charge in [0.15, 0.2) is 5.58 Å². The summed E-state index contributed by atoms with van der Waals surface area (Å²) in [6.07, 6.45) is 3.30. The van der Waals surface area contributed by atoms with Crippen molar-refractivity contribution >= 4 is 11.1 Å². The number of para-hydroxylation sites is 1. The van der Waals surface area contributed by atoms with Gasteiger partial charge in [-0.15, -0.1) is 0 Å². The minimum absolute atomic E-state index is 0.0918. The van der Waals surface area contributed by atoms with E-state index in [0.29, 0.717) is 0 Å². The van der Waals surface area contributed by atoms with Gasteiger partial charge in [-0.25, -0.2) is 4.98 Å². The van der Waals surface area contributed by atoms with Crippen molar-refractivity contribution in [2.75, 3.05) is 0 Å². The molecule has 1 aliphatic carbocycles. The zero-order valence-corrected chi connectivity index (χ0v) is 10.4. The van der Waals surface area contributed by atoms with E-state index in [0.717, 1.165) is 41.8 Å². The first-order chi connectivity index (χ1) is 8.11. The summed E-state index contributed by atoms with van der Waals surface area (Å²) in [5.74, 6) is 0.812. The van der Waals surface area contributed by atoms with Crippen LogP contribution in [0.3, 0.4) is 0 Å². The number of oxazole rings is 1. The number of rotatable bonds is 1. The molecule has 2 aromatic rings. The summed E-state index contributed by atoms with van der Waals surface area (Å²) < 4.78 is 5.97. The van der Waals surface area contributed by atoms with Crippen LogP contribution < -0.4 is 5.73 Å². The number of aromatic nitrogens is 1. The van der Waals surface area contributed by atoms with Gasteiger partial charge in [0.05, 0.1) is 5.41 Å². The van der Waals surface area contributed by atoms with Gasteiger partial charge in [-0.3, -0.25) is 0 Å². The molecule has 1 aliphatic rings. The Bertz CT molecular complexity index is 560. The zero-order valence-electron chi connectivity index (χ0n) is 10.4. The largest absolute Gasteiger partial charge is 0.440 e. The molecule has 17 heavy (non-hydrogen) atoms. The molecule has 1 saturated carbocycles. The lowest BCUT2D eigenvalue weighted by molar-refractivity contribution is 0.332. The van der Waals surface area contributed by atoms with Crippen molar-refractivity contribution in [3.63, 3.8) is 0 Å². The summed E-state index contributed by atoms with van der Waals surface area (Å²) in [5, 5.41) is 0. The molecule has 3 rings (SSSR count). The summed E-state index contributed by atoms with van der Waals surface area (Å²) in [6, 6.07) is 6.23. The highest BCUT2D eigenvalue weighted by atomic mass is 16.3. The van der Waals surface area contributed by atoms with Crippen LogP contribution in [0.25, 0.3) is 11.1 Å². The van der Waals surface area contributed by atoms with Gasteiger partial charge in [0.25, 0.3) is 0 Å². The number of nitrogens with two attached hydrogens (primary N) is 1. The van der Waals surface area contributed by atoms with E-state index in [4.69, 9.17) is 10.2 Å². The van der Waals surface area contributed by atoms with Gasteiger partial charge < -0.3 is 10.2 Å². The normalized spacial score (nSPS) is 29.0. The minimum Gasteiger partial charge on any atom is -0.440 e. The first kappa shape index (κ1) is 10.8. The van der Waals surface area contributed by atoms with Crippen LogP contribution >= 0.6 is 0 Å². The topological polar surface area (TPSA) is 52.0 Å². The van der Waals surface area contributed by atoms with E-state index >= 15 is 0 Å². The smallest absolute Gasteiger partial charge is 0.203 e. The number of fused-ring (bicyclic) bond motifs is 1. The molecular weight excluding hydrogens is 212 g/mol. The third-order valence-electron chi connectivity index (χ3n) is 4.13. The second kappa shape index (κ2) is 3.57. The molecule has 1 aromatic carbocycles. The summed E-state index contributed by atoms with van der Waals surface area (Å²) in [5.41, 5.74) is 9.10. The third kappa shape index (κ3) is 1.49. The Kier molecular flexibility index (Phi) is 2.26. The molecule has 0 amide bonds. The predicted molar refractivity (Wildman–Crippen MR) is 67.9 cm³/mol. The molecule has 2 unspecified atom stereocenters. The minimum atomic E-state index is -0.0918. The highest BCUT2D eigenvalue weighted by Crippen LogP contribution is 2.40. The summed E-state index contributed by atoms with van der Waals surface area (Å²) in [4.78, 5) is 4.63. The standard InChI is InChI=1S/C14H18N2O/c1-9-5-3-6-10-12(9)17-13(16-10)14(2)8-4-7-11(14)15/h3,5-6,11H,4,7-8,15H2,1-2H3. The molecule has 0 bridgehead atoms. The quantitative estimate of drug-likeness (QED) is 0.819. The lowest BCUT2D eigenvalue weighted by atomic mass is 9.85. The Balaban J connectivity index is 2.15. The number of aryl methyl sites for hydroxylation is 1. The van der Waals surface area contributed by atoms with Crippen LogP contribution in [-0.4, -0.2) is 11.0 Å². The first-order valence-electron chi connectivity index (χ1n) is 6.23. The highest BCUT2D eigenvalue weighted by molar-refractivity contribution is 5.76. The fourth-order valence-electron chi connectivity index (χ4n) is 2.79. The summed E-state index contributed by atoms with van der Waals surface area (Å²) in [7, 11) is 0. The van der Waals surface area contributed by atoms with Crippen LogP contribution in [0.2, 0.25) is 0 Å². The molecule has 0 aliphatic heterocycles. The van der Waals surface area contributed by atoms with Crippen molar-refractivity contribution < 1.29 is 4.42 Å². The molecule has 0 radical (unpaired) electrons. The lowest BCUT2D eigenvalue weighted by Crippen LogP contribution is -2.38. The van der Waals surface area contributed by atoms with E-state index < -0.39 is 0 Å². The molecule has 2 atom stereocenters. The highest BCUT2D eigenvalue weighted by Gasteiger charge is 2.42. The SMILES string of the molecule is Cc1cccc2nc(C3(C)CCCC3N)oc12. The van der Waals surface area contributed by atoms with Gasteiger partial charge in [-0.05, 0) is 38.3 Å². The van der Waals surface area contributed by atoms with E-state index in [1.807, 2.05) is 25.1 Å². The Morgan fingerprint density at radius 3 is 2.94 bits per heavy atom. The van der Waals surface area contributed by atoms with Crippen LogP contribution in [-0.2, 0) is 5.41 Å². The fraction of sp³-hybridized carbons (Fsp3) is 0.500. The molecule has 90 valence electrons. The van der Waals surface area contributed by atoms with E-state index in [2.05, 4.69) is 11.9 Å². The molecule has 1 aromatic heterocycles. The maximum absolute atomic E-state index is 6.21. The molecule has 1 heterocycles. The van der Waals surface area contributed by atoms with Gasteiger partial charge in [0.1, 0.15) is 5.52 Å². The van der Waals surface area contributed by atoms with Crippen LogP contribution in [0.4, 0.5) is 0 Å². The average Bonchev–Trinajstić information content (AvgIpc) is 2.86. The molecule has 3 nitrogen and oxygen atoms in total. The second-order valence-corrected chi connectivity index (χ2v) is 5.36. The summed E-state index contributed by atoms with van der Waals surface area (Å²) in [6.45, 7) is 4.22. The van der Waals surface area contributed by atoms with Crippen molar-refractivity contribution in [2.24, 2.45) is 5.73 Å². The van der Waals surface area contributed by atoms with Crippen LogP contribution in [0.1, 0.15) is 37.6 Å². The second-order valence-electron chi connectivity index (χ2n) is 5.36. The Morgan fingerprint density at radius 2 is 2.29 bits per heavy atom. The fourth-order valence-corrected chi connectivity index (χ4v) is 2.79. The van der Waals surface area contributed by atoms with Crippen molar-refractivity contribution in [1.82, 2.24) is 4.98 Å². The zero-order chi connectivity index (χ0) is 12.0. The molecular formula is C14H18N2O. The van der Waals surface area contributed by atoms with E-state index in [1.54, 1.807) is 0 Å². The molecule has 0 spiro atoms. The molecule has 1 fully saturated rings. The van der Waals surface area contributed by atoms with Crippen LogP contribution in [0.5, 0.6) is 0 Å². The molecule has 3 heteroatoms. The van der Waals surface area contributed by atoms with Gasteiger partial charge >= 0.3 is 0 Å². The van der Waals surface area contributed by atoms with Crippen molar-refractivity contribution in [2.45, 2.75) is 44.6 Å². The van der Waals surface area contributed by atoms with Crippen molar-refractivity contribution in [3.05, 3.63) is 29.7 Å². The van der Waals surface area contributed by atoms with E-state index in [-0.39, 0.29) is 11.5 Å². The van der Waals surface area contributed by atoms with Crippen LogP contribution in [0.15, 0.2) is 22.6 Å². The maximum atomic E-state index is 6.21. The van der Waals surface area contributed by atoms with Crippen molar-refractivity contribution in [1.29, 1.82) is 0 Å². The van der Waals surface area contributed by atoms with E-state index in [1.165, 1.54) is 0 Å². The van der Waals surface area contributed by atoms with Gasteiger partial charge in [-0.2, -0.15) is 0 Å². The first-order valence-corrected chi connectivity index (χ1v) is 6.23. The van der Waals surface area contributed by atoms with Gasteiger partial charge in [-0.1, -0.05) is 18.6 Å². The Labute approximate surface area is 101 Å². The Hall–Kier alpha value is -1.35. The number of hydrogen-bond donors (Lipinski definition) is 1. The lowest BCUT2D eigenvalue weighted by Gasteiger charge is -2.24. The average molecular weight is 230 g/mol. The number of nitrogens with zero attached hydrogens (tertiary/aromatic N) is 1. The molecule has 0 saturated heterocycles. The maximum Gasteiger partial charge on any atom is 0.203 e. The third-order valence-corrected chi connectivity index (χ3v) is 4.13. The summed E-state index contributed by atoms with van der Waals surface area (Å²) >= 11 is 0. The monoisotopic (exact) mass is 230 g/mol. The molecule has 2 N–H and O–H groups in total. The van der Waals surface area contributed by atoms with Gasteiger partial charge in [0.2, 0.25) is 5.89 Å². The van der Waals surface area contributed by atoms with Crippen LogP contribution in [0, 0.1) is 6.92 Å². The Morgan fingerprint density at radius 1 is 1.47 bits per heavy atom. The van der Waals surface area contributed by atoms with Crippen molar-refractivity contribution in [3.8, 4) is 0 Å². The number of hydrogen-bond acceptors (Lipinski definition) is 3. The number of benzene rings is 1.